The van der Waals surface area contributed by atoms with Crippen molar-refractivity contribution < 1.29 is 14.5 Å². The van der Waals surface area contributed by atoms with E-state index in [9.17, 15) is 14.9 Å². The predicted octanol–water partition coefficient (Wildman–Crippen LogP) is 2.42. The molecule has 134 valence electrons. The molecule has 0 saturated carbocycles. The Morgan fingerprint density at radius 2 is 2.20 bits per heavy atom. The Balaban J connectivity index is 2.42. The van der Waals surface area contributed by atoms with Crippen molar-refractivity contribution in [3.05, 3.63) is 52.1 Å². The van der Waals surface area contributed by atoms with E-state index in [1.165, 1.54) is 12.3 Å². The molecule has 1 heterocycles. The summed E-state index contributed by atoms with van der Waals surface area (Å²) in [7, 11) is 3.30. The fourth-order valence-electron chi connectivity index (χ4n) is 2.57. The largest absolute Gasteiger partial charge is 0.380 e. The summed E-state index contributed by atoms with van der Waals surface area (Å²) in [5, 5.41) is 11.5. The third-order valence-electron chi connectivity index (χ3n) is 4.06. The molecule has 0 aliphatic heterocycles. The highest BCUT2D eigenvalue weighted by Gasteiger charge is 2.23. The minimum absolute atomic E-state index is 0.0755. The van der Waals surface area contributed by atoms with Crippen LogP contribution in [-0.2, 0) is 11.8 Å². The summed E-state index contributed by atoms with van der Waals surface area (Å²) < 4.78 is 6.84. The molecule has 1 aromatic heterocycles. The van der Waals surface area contributed by atoms with Crippen LogP contribution in [0.2, 0.25) is 0 Å². The molecule has 2 rings (SSSR count). The first-order chi connectivity index (χ1) is 11.9. The quantitative estimate of drug-likeness (QED) is 0.414. The van der Waals surface area contributed by atoms with Gasteiger partial charge in [0.05, 0.1) is 11.0 Å². The van der Waals surface area contributed by atoms with Crippen molar-refractivity contribution in [2.75, 3.05) is 25.1 Å². The molecule has 2 aromatic rings. The van der Waals surface area contributed by atoms with Gasteiger partial charge in [-0.05, 0) is 26.0 Å². The van der Waals surface area contributed by atoms with Gasteiger partial charge >= 0.3 is 0 Å². The molecule has 0 radical (unpaired) electrons. The Kier molecular flexibility index (Phi) is 5.87. The summed E-state index contributed by atoms with van der Waals surface area (Å²) in [4.78, 5) is 29.5. The summed E-state index contributed by atoms with van der Waals surface area (Å²) in [6, 6.07) is 4.52. The van der Waals surface area contributed by atoms with E-state index in [4.69, 9.17) is 4.74 Å². The number of hydrogen-bond donors (Lipinski definition) is 0. The first kappa shape index (κ1) is 18.6. The minimum atomic E-state index is -0.468. The number of methoxy groups -OCH3 is 1. The Bertz CT molecular complexity index is 772. The molecule has 8 heteroatoms. The van der Waals surface area contributed by atoms with E-state index in [0.29, 0.717) is 18.8 Å². The molecule has 25 heavy (non-hydrogen) atoms. The highest BCUT2D eigenvalue weighted by Crippen LogP contribution is 2.30. The van der Waals surface area contributed by atoms with Crippen LogP contribution in [0.5, 0.6) is 0 Å². The lowest BCUT2D eigenvalue weighted by Crippen LogP contribution is -2.32. The molecular weight excluding hydrogens is 324 g/mol. The van der Waals surface area contributed by atoms with Crippen molar-refractivity contribution in [3.8, 4) is 0 Å². The second-order valence-electron chi connectivity index (χ2n) is 5.74. The molecule has 1 aromatic carbocycles. The van der Waals surface area contributed by atoms with E-state index in [1.54, 1.807) is 37.1 Å². The van der Waals surface area contributed by atoms with E-state index in [0.717, 1.165) is 0 Å². The normalized spacial score (nSPS) is 12.0. The van der Waals surface area contributed by atoms with Crippen molar-refractivity contribution >= 4 is 17.2 Å². The number of nitrogens with zero attached hydrogens (tertiary/aromatic N) is 4. The van der Waals surface area contributed by atoms with Crippen LogP contribution >= 0.6 is 0 Å². The standard InChI is InChI=1S/C17H22N4O4/c1-5-20(11-12(2)25-4)14-7-6-13(10-15(14)21(23)24)16(22)17-18-8-9-19(17)3/h6-10,12H,5,11H2,1-4H3. The molecule has 1 unspecified atom stereocenters. The van der Waals surface area contributed by atoms with Crippen molar-refractivity contribution in [1.29, 1.82) is 0 Å². The van der Waals surface area contributed by atoms with Gasteiger partial charge in [-0.15, -0.1) is 0 Å². The van der Waals surface area contributed by atoms with Crippen LogP contribution in [0.4, 0.5) is 11.4 Å². The summed E-state index contributed by atoms with van der Waals surface area (Å²) in [6.45, 7) is 4.91. The minimum Gasteiger partial charge on any atom is -0.380 e. The monoisotopic (exact) mass is 346 g/mol. The molecular formula is C17H22N4O4. The van der Waals surface area contributed by atoms with Gasteiger partial charge < -0.3 is 14.2 Å². The highest BCUT2D eigenvalue weighted by atomic mass is 16.6. The van der Waals surface area contributed by atoms with Crippen molar-refractivity contribution in [3.63, 3.8) is 0 Å². The first-order valence-corrected chi connectivity index (χ1v) is 7.97. The number of ketones is 1. The Morgan fingerprint density at radius 3 is 2.72 bits per heavy atom. The molecule has 0 saturated heterocycles. The summed E-state index contributed by atoms with van der Waals surface area (Å²) in [5.41, 5.74) is 0.596. The Labute approximate surface area is 146 Å². The van der Waals surface area contributed by atoms with E-state index in [1.807, 2.05) is 18.7 Å². The number of likely N-dealkylation sites (N-methyl/N-ethyl adjacent to an activating group) is 1. The number of aryl methyl sites for hydroxylation is 1. The topological polar surface area (TPSA) is 90.5 Å². The van der Waals surface area contributed by atoms with E-state index in [2.05, 4.69) is 4.98 Å². The second-order valence-corrected chi connectivity index (χ2v) is 5.74. The number of benzene rings is 1. The average Bonchev–Trinajstić information content (AvgIpc) is 3.04. The zero-order valence-electron chi connectivity index (χ0n) is 14.8. The lowest BCUT2D eigenvalue weighted by Gasteiger charge is -2.25. The maximum atomic E-state index is 12.5. The van der Waals surface area contributed by atoms with E-state index >= 15 is 0 Å². The Morgan fingerprint density at radius 1 is 1.48 bits per heavy atom. The van der Waals surface area contributed by atoms with Crippen LogP contribution in [0.1, 0.15) is 30.0 Å². The Hall–Kier alpha value is -2.74. The molecule has 0 aliphatic carbocycles. The second kappa shape index (κ2) is 7.89. The molecule has 0 fully saturated rings. The molecule has 0 N–H and O–H groups in total. The van der Waals surface area contributed by atoms with Crippen molar-refractivity contribution in [1.82, 2.24) is 9.55 Å². The van der Waals surface area contributed by atoms with Gasteiger partial charge in [-0.2, -0.15) is 0 Å². The van der Waals surface area contributed by atoms with E-state index < -0.39 is 4.92 Å². The van der Waals surface area contributed by atoms with Crippen LogP contribution in [0, 0.1) is 10.1 Å². The zero-order chi connectivity index (χ0) is 18.6. The number of carbonyl (C=O) groups is 1. The highest BCUT2D eigenvalue weighted by molar-refractivity contribution is 6.07. The van der Waals surface area contributed by atoms with Gasteiger partial charge in [-0.3, -0.25) is 14.9 Å². The molecule has 0 aliphatic rings. The maximum absolute atomic E-state index is 12.5. The number of nitro benzene ring substituents is 1. The molecule has 8 nitrogen and oxygen atoms in total. The average molecular weight is 346 g/mol. The van der Waals surface area contributed by atoms with Gasteiger partial charge in [0, 0.05) is 51.3 Å². The number of imidazole rings is 1. The number of carbonyl (C=O) groups excluding carboxylic acids is 1. The fourth-order valence-corrected chi connectivity index (χ4v) is 2.57. The van der Waals surface area contributed by atoms with Gasteiger partial charge in [0.15, 0.2) is 5.82 Å². The van der Waals surface area contributed by atoms with Crippen LogP contribution in [0.3, 0.4) is 0 Å². The predicted molar refractivity (Wildman–Crippen MR) is 94.1 cm³/mol. The molecule has 1 atom stereocenters. The number of hydrogen-bond acceptors (Lipinski definition) is 6. The number of aromatic nitrogens is 2. The number of anilines is 1. The van der Waals surface area contributed by atoms with Gasteiger partial charge in [-0.1, -0.05) is 0 Å². The first-order valence-electron chi connectivity index (χ1n) is 7.97. The third-order valence-corrected chi connectivity index (χ3v) is 4.06. The van der Waals surface area contributed by atoms with Gasteiger partial charge in [-0.25, -0.2) is 4.98 Å². The van der Waals surface area contributed by atoms with Crippen LogP contribution in [-0.4, -0.2) is 46.6 Å². The van der Waals surface area contributed by atoms with Crippen LogP contribution in [0.25, 0.3) is 0 Å². The number of rotatable bonds is 8. The van der Waals surface area contributed by atoms with Crippen LogP contribution in [0.15, 0.2) is 30.6 Å². The van der Waals surface area contributed by atoms with Crippen molar-refractivity contribution in [2.45, 2.75) is 20.0 Å². The van der Waals surface area contributed by atoms with Gasteiger partial charge in [0.1, 0.15) is 5.69 Å². The SMILES string of the molecule is CCN(CC(C)OC)c1ccc(C(=O)c2nccn2C)cc1[N+](=O)[O-]. The maximum Gasteiger partial charge on any atom is 0.293 e. The van der Waals surface area contributed by atoms with Gasteiger partial charge in [0.2, 0.25) is 5.78 Å². The van der Waals surface area contributed by atoms with Crippen molar-refractivity contribution in [2.24, 2.45) is 7.05 Å². The third kappa shape index (κ3) is 4.03. The number of nitro groups is 1. The fraction of sp³-hybridized carbons (Fsp3) is 0.412. The molecule has 0 bridgehead atoms. The summed E-state index contributed by atoms with van der Waals surface area (Å²) >= 11 is 0. The smallest absolute Gasteiger partial charge is 0.293 e. The van der Waals surface area contributed by atoms with E-state index in [-0.39, 0.29) is 29.0 Å². The molecule has 0 spiro atoms. The summed E-state index contributed by atoms with van der Waals surface area (Å²) in [6.07, 6.45) is 3.09. The summed E-state index contributed by atoms with van der Waals surface area (Å²) in [5.74, 6) is -0.113. The lowest BCUT2D eigenvalue weighted by molar-refractivity contribution is -0.384. The molecule has 0 amide bonds. The lowest BCUT2D eigenvalue weighted by atomic mass is 10.1. The van der Waals surface area contributed by atoms with Gasteiger partial charge in [0.25, 0.3) is 5.69 Å². The van der Waals surface area contributed by atoms with Crippen LogP contribution < -0.4 is 4.90 Å². The zero-order valence-corrected chi connectivity index (χ0v) is 14.8. The number of ether oxygens (including phenoxy) is 1.